The Hall–Kier alpha value is -1.43. The molecule has 1 aliphatic heterocycles. The number of hydrogen-bond acceptors (Lipinski definition) is 5. The van der Waals surface area contributed by atoms with Crippen molar-refractivity contribution in [2.24, 2.45) is 11.8 Å². The van der Waals surface area contributed by atoms with E-state index in [-0.39, 0.29) is 23.7 Å². The molecule has 1 fully saturated rings. The Morgan fingerprint density at radius 2 is 2.30 bits per heavy atom. The van der Waals surface area contributed by atoms with Crippen LogP contribution in [0.15, 0.2) is 5.51 Å². The molecule has 0 radical (unpaired) electrons. The van der Waals surface area contributed by atoms with Crippen LogP contribution in [0.1, 0.15) is 43.7 Å². The molecule has 1 aromatic rings. The fourth-order valence-corrected chi connectivity index (χ4v) is 3.55. The van der Waals surface area contributed by atoms with E-state index in [1.807, 2.05) is 31.2 Å². The second kappa shape index (κ2) is 8.43. The fourth-order valence-electron chi connectivity index (χ4n) is 2.78. The molecule has 0 aliphatic carbocycles. The number of esters is 1. The van der Waals surface area contributed by atoms with Gasteiger partial charge in [0.05, 0.1) is 23.7 Å². The number of nitrogens with zero attached hydrogens (tertiary/aromatic N) is 2. The maximum Gasteiger partial charge on any atom is 0.310 e. The van der Waals surface area contributed by atoms with E-state index in [0.717, 1.165) is 36.4 Å². The van der Waals surface area contributed by atoms with Gasteiger partial charge in [-0.2, -0.15) is 0 Å². The van der Waals surface area contributed by atoms with Crippen molar-refractivity contribution in [2.75, 3.05) is 19.7 Å². The van der Waals surface area contributed by atoms with Crippen LogP contribution in [-0.4, -0.2) is 41.5 Å². The molecule has 2 rings (SSSR count). The zero-order valence-corrected chi connectivity index (χ0v) is 15.0. The van der Waals surface area contributed by atoms with Crippen molar-refractivity contribution in [3.63, 3.8) is 0 Å². The van der Waals surface area contributed by atoms with Crippen molar-refractivity contribution in [3.8, 4) is 0 Å². The van der Waals surface area contributed by atoms with Gasteiger partial charge in [-0.1, -0.05) is 13.8 Å². The molecular formula is C17H26N2O3S. The van der Waals surface area contributed by atoms with E-state index >= 15 is 0 Å². The number of piperidine rings is 1. The molecule has 23 heavy (non-hydrogen) atoms. The Bertz CT molecular complexity index is 544. The van der Waals surface area contributed by atoms with Crippen LogP contribution in [0.3, 0.4) is 0 Å². The van der Waals surface area contributed by atoms with Crippen LogP contribution in [-0.2, 0) is 20.7 Å². The summed E-state index contributed by atoms with van der Waals surface area (Å²) >= 11 is 1.59. The van der Waals surface area contributed by atoms with Gasteiger partial charge in [-0.05, 0) is 26.2 Å². The van der Waals surface area contributed by atoms with Crippen molar-refractivity contribution in [3.05, 3.63) is 16.1 Å². The molecule has 1 saturated heterocycles. The lowest BCUT2D eigenvalue weighted by molar-refractivity contribution is -0.152. The number of hydrogen-bond donors (Lipinski definition) is 0. The summed E-state index contributed by atoms with van der Waals surface area (Å²) in [5.74, 6) is -0.169. The van der Waals surface area contributed by atoms with Crippen LogP contribution in [0, 0.1) is 18.8 Å². The van der Waals surface area contributed by atoms with Crippen molar-refractivity contribution in [1.82, 2.24) is 9.88 Å². The van der Waals surface area contributed by atoms with Gasteiger partial charge in [-0.15, -0.1) is 11.3 Å². The van der Waals surface area contributed by atoms with E-state index in [0.29, 0.717) is 19.6 Å². The molecule has 0 aromatic carbocycles. The van der Waals surface area contributed by atoms with Crippen molar-refractivity contribution in [1.29, 1.82) is 0 Å². The molecule has 5 nitrogen and oxygen atoms in total. The number of ether oxygens (including phenoxy) is 1. The van der Waals surface area contributed by atoms with Gasteiger partial charge in [0.25, 0.3) is 0 Å². The standard InChI is InChI=1S/C17H26N2O3S/c1-4-12(2)16(20)19-8-5-6-14(10-19)17(21)22-9-7-15-13(3)18-11-23-15/h11-12,14H,4-10H2,1-3H3/t12-,14+/m0/s1. The van der Waals surface area contributed by atoms with Gasteiger partial charge in [0.15, 0.2) is 0 Å². The summed E-state index contributed by atoms with van der Waals surface area (Å²) in [5, 5.41) is 0. The number of carbonyl (C=O) groups is 2. The number of rotatable bonds is 6. The van der Waals surface area contributed by atoms with Crippen LogP contribution in [0.4, 0.5) is 0 Å². The lowest BCUT2D eigenvalue weighted by Gasteiger charge is -2.33. The third-order valence-corrected chi connectivity index (χ3v) is 5.51. The Labute approximate surface area is 142 Å². The summed E-state index contributed by atoms with van der Waals surface area (Å²) < 4.78 is 5.43. The molecule has 2 atom stereocenters. The molecule has 0 bridgehead atoms. The van der Waals surface area contributed by atoms with Gasteiger partial charge in [0.2, 0.25) is 5.91 Å². The first kappa shape index (κ1) is 17.9. The summed E-state index contributed by atoms with van der Waals surface area (Å²) in [4.78, 5) is 31.7. The SMILES string of the molecule is CC[C@H](C)C(=O)N1CCC[C@@H](C(=O)OCCc2scnc2C)C1. The van der Waals surface area contributed by atoms with Gasteiger partial charge in [-0.25, -0.2) is 4.98 Å². The molecule has 0 unspecified atom stereocenters. The summed E-state index contributed by atoms with van der Waals surface area (Å²) in [7, 11) is 0. The van der Waals surface area contributed by atoms with E-state index < -0.39 is 0 Å². The molecule has 1 amide bonds. The van der Waals surface area contributed by atoms with Gasteiger partial charge in [0, 0.05) is 30.3 Å². The van der Waals surface area contributed by atoms with Gasteiger partial charge in [0.1, 0.15) is 0 Å². The molecule has 1 aromatic heterocycles. The van der Waals surface area contributed by atoms with E-state index in [9.17, 15) is 9.59 Å². The lowest BCUT2D eigenvalue weighted by Crippen LogP contribution is -2.44. The number of thiazole rings is 1. The minimum Gasteiger partial charge on any atom is -0.465 e. The summed E-state index contributed by atoms with van der Waals surface area (Å²) in [5.41, 5.74) is 2.82. The van der Waals surface area contributed by atoms with E-state index in [2.05, 4.69) is 4.98 Å². The third-order valence-electron chi connectivity index (χ3n) is 4.52. The number of carbonyl (C=O) groups excluding carboxylic acids is 2. The Morgan fingerprint density at radius 1 is 1.52 bits per heavy atom. The van der Waals surface area contributed by atoms with Gasteiger partial charge in [-0.3, -0.25) is 9.59 Å². The van der Waals surface area contributed by atoms with Crippen LogP contribution in [0.25, 0.3) is 0 Å². The quantitative estimate of drug-likeness (QED) is 0.748. The molecule has 1 aliphatic rings. The highest BCUT2D eigenvalue weighted by molar-refractivity contribution is 7.09. The van der Waals surface area contributed by atoms with Gasteiger partial charge >= 0.3 is 5.97 Å². The Morgan fingerprint density at radius 3 is 2.96 bits per heavy atom. The molecular weight excluding hydrogens is 312 g/mol. The molecule has 2 heterocycles. The first-order valence-corrected chi connectivity index (χ1v) is 9.25. The molecule has 128 valence electrons. The highest BCUT2D eigenvalue weighted by Crippen LogP contribution is 2.21. The summed E-state index contributed by atoms with van der Waals surface area (Å²) in [6.45, 7) is 7.57. The second-order valence-corrected chi connectivity index (χ2v) is 7.15. The molecule has 0 spiro atoms. The first-order chi connectivity index (χ1) is 11.0. The van der Waals surface area contributed by atoms with Crippen LogP contribution < -0.4 is 0 Å². The third kappa shape index (κ3) is 4.77. The zero-order chi connectivity index (χ0) is 16.8. The number of amides is 1. The minimum absolute atomic E-state index is 0.0269. The second-order valence-electron chi connectivity index (χ2n) is 6.21. The van der Waals surface area contributed by atoms with Crippen molar-refractivity contribution in [2.45, 2.75) is 46.5 Å². The number of aryl methyl sites for hydroxylation is 1. The molecule has 0 N–H and O–H groups in total. The average Bonchev–Trinajstić information content (AvgIpc) is 2.98. The number of aromatic nitrogens is 1. The Balaban J connectivity index is 1.80. The van der Waals surface area contributed by atoms with E-state index in [4.69, 9.17) is 4.74 Å². The van der Waals surface area contributed by atoms with Crippen molar-refractivity contribution >= 4 is 23.2 Å². The zero-order valence-electron chi connectivity index (χ0n) is 14.2. The maximum atomic E-state index is 12.3. The van der Waals surface area contributed by atoms with Gasteiger partial charge < -0.3 is 9.64 Å². The summed E-state index contributed by atoms with van der Waals surface area (Å²) in [6, 6.07) is 0. The average molecular weight is 338 g/mol. The normalized spacial score (nSPS) is 19.4. The minimum atomic E-state index is -0.181. The van der Waals surface area contributed by atoms with Crippen molar-refractivity contribution < 1.29 is 14.3 Å². The van der Waals surface area contributed by atoms with E-state index in [1.165, 1.54) is 0 Å². The smallest absolute Gasteiger partial charge is 0.310 e. The number of likely N-dealkylation sites (tertiary alicyclic amines) is 1. The lowest BCUT2D eigenvalue weighted by atomic mass is 9.96. The van der Waals surface area contributed by atoms with Crippen LogP contribution in [0.5, 0.6) is 0 Å². The highest BCUT2D eigenvalue weighted by atomic mass is 32.1. The maximum absolute atomic E-state index is 12.3. The highest BCUT2D eigenvalue weighted by Gasteiger charge is 2.30. The molecule has 6 heteroatoms. The predicted octanol–water partition coefficient (Wildman–Crippen LogP) is 2.82. The van der Waals surface area contributed by atoms with Crippen LogP contribution in [0.2, 0.25) is 0 Å². The van der Waals surface area contributed by atoms with Crippen LogP contribution >= 0.6 is 11.3 Å². The first-order valence-electron chi connectivity index (χ1n) is 8.37. The topological polar surface area (TPSA) is 59.5 Å². The molecule has 0 saturated carbocycles. The summed E-state index contributed by atoms with van der Waals surface area (Å²) in [6.07, 6.45) is 3.22. The predicted molar refractivity (Wildman–Crippen MR) is 90.3 cm³/mol. The largest absolute Gasteiger partial charge is 0.465 e. The van der Waals surface area contributed by atoms with E-state index in [1.54, 1.807) is 11.3 Å². The Kier molecular flexibility index (Phi) is 6.57. The fraction of sp³-hybridized carbons (Fsp3) is 0.706. The monoisotopic (exact) mass is 338 g/mol.